The van der Waals surface area contributed by atoms with E-state index in [1.165, 1.54) is 4.90 Å². The van der Waals surface area contributed by atoms with E-state index in [-0.39, 0.29) is 24.4 Å². The molecule has 0 radical (unpaired) electrons. The van der Waals surface area contributed by atoms with Crippen LogP contribution in [0, 0.1) is 6.92 Å². The molecule has 0 bridgehead atoms. The molecule has 1 aliphatic rings. The number of nitrogen functional groups attached to an aromatic ring is 1. The first-order valence-corrected chi connectivity index (χ1v) is 5.94. The van der Waals surface area contributed by atoms with Gasteiger partial charge in [0.1, 0.15) is 0 Å². The molecule has 0 aliphatic heterocycles. The second kappa shape index (κ2) is 6.19. The molecule has 0 saturated heterocycles. The standard InChI is InChI=1S/C13H16F2N2O.ClH/c1-8-2-3-9(16)6-11(8)13(18)17(7-12(14)15)10-4-5-10;/h2-3,6,10,12H,4-5,7,16H2,1H3;1H. The number of hydrogen-bond donors (Lipinski definition) is 1. The normalized spacial score (nSPS) is 14.1. The van der Waals surface area contributed by atoms with Crippen LogP contribution in [0.15, 0.2) is 18.2 Å². The SMILES string of the molecule is Cc1ccc(N)cc1C(=O)N(CC(F)F)C1CC1.Cl. The minimum atomic E-state index is -2.50. The third kappa shape index (κ3) is 3.80. The number of halogens is 3. The zero-order chi connectivity index (χ0) is 13.3. The van der Waals surface area contributed by atoms with E-state index in [4.69, 9.17) is 5.73 Å². The van der Waals surface area contributed by atoms with Gasteiger partial charge in [-0.25, -0.2) is 8.78 Å². The number of carbonyl (C=O) groups is 1. The Balaban J connectivity index is 0.00000180. The first-order valence-electron chi connectivity index (χ1n) is 5.94. The van der Waals surface area contributed by atoms with Crippen LogP contribution in [0.4, 0.5) is 14.5 Å². The van der Waals surface area contributed by atoms with Crippen LogP contribution in [0.1, 0.15) is 28.8 Å². The highest BCUT2D eigenvalue weighted by Crippen LogP contribution is 2.29. The van der Waals surface area contributed by atoms with Crippen molar-refractivity contribution >= 4 is 24.0 Å². The Hall–Kier alpha value is -1.36. The van der Waals surface area contributed by atoms with Crippen LogP contribution in [0.25, 0.3) is 0 Å². The van der Waals surface area contributed by atoms with Crippen LogP contribution in [0.3, 0.4) is 0 Å². The van der Waals surface area contributed by atoms with Crippen LogP contribution < -0.4 is 5.73 Å². The molecule has 0 aromatic heterocycles. The van der Waals surface area contributed by atoms with Crippen molar-refractivity contribution in [3.8, 4) is 0 Å². The maximum Gasteiger partial charge on any atom is 0.255 e. The number of benzene rings is 1. The number of anilines is 1. The molecule has 6 heteroatoms. The van der Waals surface area contributed by atoms with Gasteiger partial charge in [-0.15, -0.1) is 12.4 Å². The van der Waals surface area contributed by atoms with Crippen molar-refractivity contribution in [2.24, 2.45) is 0 Å². The van der Waals surface area contributed by atoms with E-state index in [0.29, 0.717) is 11.3 Å². The zero-order valence-electron chi connectivity index (χ0n) is 10.6. The number of aryl methyl sites for hydroxylation is 1. The van der Waals surface area contributed by atoms with Crippen LogP contribution >= 0.6 is 12.4 Å². The molecule has 1 aromatic rings. The molecule has 1 aromatic carbocycles. The van der Waals surface area contributed by atoms with Crippen molar-refractivity contribution in [2.75, 3.05) is 12.3 Å². The first kappa shape index (κ1) is 15.7. The monoisotopic (exact) mass is 290 g/mol. The molecule has 1 aliphatic carbocycles. The minimum absolute atomic E-state index is 0. The minimum Gasteiger partial charge on any atom is -0.399 e. The smallest absolute Gasteiger partial charge is 0.255 e. The summed E-state index contributed by atoms with van der Waals surface area (Å²) in [6, 6.07) is 4.95. The molecule has 106 valence electrons. The van der Waals surface area contributed by atoms with Gasteiger partial charge < -0.3 is 10.6 Å². The summed E-state index contributed by atoms with van der Waals surface area (Å²) in [5, 5.41) is 0. The average Bonchev–Trinajstić information content (AvgIpc) is 3.12. The van der Waals surface area contributed by atoms with Crippen molar-refractivity contribution in [1.29, 1.82) is 0 Å². The summed E-state index contributed by atoms with van der Waals surface area (Å²) < 4.78 is 25.0. The molecular formula is C13H17ClF2N2O. The predicted molar refractivity (Wildman–Crippen MR) is 72.9 cm³/mol. The molecule has 1 amide bonds. The molecule has 0 atom stereocenters. The van der Waals surface area contributed by atoms with Crippen LogP contribution in [-0.2, 0) is 0 Å². The number of amides is 1. The Morgan fingerprint density at radius 1 is 1.47 bits per heavy atom. The lowest BCUT2D eigenvalue weighted by molar-refractivity contribution is 0.0533. The topological polar surface area (TPSA) is 46.3 Å². The van der Waals surface area contributed by atoms with E-state index in [0.717, 1.165) is 18.4 Å². The predicted octanol–water partition coefficient (Wildman–Crippen LogP) is 2.87. The summed E-state index contributed by atoms with van der Waals surface area (Å²) in [5.74, 6) is -0.345. The fraction of sp³-hybridized carbons (Fsp3) is 0.462. The highest BCUT2D eigenvalue weighted by Gasteiger charge is 2.35. The largest absolute Gasteiger partial charge is 0.399 e. The van der Waals surface area contributed by atoms with Crippen LogP contribution in [-0.4, -0.2) is 29.8 Å². The molecule has 2 rings (SSSR count). The Kier molecular flexibility index (Phi) is 5.11. The first-order chi connectivity index (χ1) is 8.49. The molecule has 3 nitrogen and oxygen atoms in total. The van der Waals surface area contributed by atoms with Crippen LogP contribution in [0.2, 0.25) is 0 Å². The summed E-state index contributed by atoms with van der Waals surface area (Å²) in [7, 11) is 0. The number of carbonyl (C=O) groups excluding carboxylic acids is 1. The number of hydrogen-bond acceptors (Lipinski definition) is 2. The average molecular weight is 291 g/mol. The van der Waals surface area contributed by atoms with E-state index in [2.05, 4.69) is 0 Å². The molecule has 1 saturated carbocycles. The van der Waals surface area contributed by atoms with Crippen molar-refractivity contribution in [3.63, 3.8) is 0 Å². The van der Waals surface area contributed by atoms with E-state index < -0.39 is 13.0 Å². The molecule has 2 N–H and O–H groups in total. The Morgan fingerprint density at radius 2 is 2.11 bits per heavy atom. The number of alkyl halides is 2. The second-order valence-corrected chi connectivity index (χ2v) is 4.65. The third-order valence-corrected chi connectivity index (χ3v) is 3.08. The van der Waals surface area contributed by atoms with Gasteiger partial charge in [-0.05, 0) is 37.5 Å². The summed E-state index contributed by atoms with van der Waals surface area (Å²) in [6.45, 7) is 1.28. The van der Waals surface area contributed by atoms with Gasteiger partial charge in [0.05, 0.1) is 6.54 Å². The summed E-state index contributed by atoms with van der Waals surface area (Å²) in [6.07, 6.45) is -0.893. The van der Waals surface area contributed by atoms with Gasteiger partial charge in [0.25, 0.3) is 12.3 Å². The van der Waals surface area contributed by atoms with Crippen LogP contribution in [0.5, 0.6) is 0 Å². The third-order valence-electron chi connectivity index (χ3n) is 3.08. The van der Waals surface area contributed by atoms with E-state index in [9.17, 15) is 13.6 Å². The van der Waals surface area contributed by atoms with Gasteiger partial charge in [-0.2, -0.15) is 0 Å². The van der Waals surface area contributed by atoms with Gasteiger partial charge in [0, 0.05) is 17.3 Å². The number of nitrogens with zero attached hydrogens (tertiary/aromatic N) is 1. The zero-order valence-corrected chi connectivity index (χ0v) is 11.4. The van der Waals surface area contributed by atoms with Gasteiger partial charge >= 0.3 is 0 Å². The van der Waals surface area contributed by atoms with Crippen molar-refractivity contribution < 1.29 is 13.6 Å². The van der Waals surface area contributed by atoms with E-state index in [1.807, 2.05) is 0 Å². The maximum atomic E-state index is 12.5. The molecular weight excluding hydrogens is 274 g/mol. The summed E-state index contributed by atoms with van der Waals surface area (Å²) in [4.78, 5) is 13.5. The highest BCUT2D eigenvalue weighted by atomic mass is 35.5. The lowest BCUT2D eigenvalue weighted by atomic mass is 10.1. The fourth-order valence-corrected chi connectivity index (χ4v) is 1.96. The van der Waals surface area contributed by atoms with Gasteiger partial charge in [0.15, 0.2) is 0 Å². The lowest BCUT2D eigenvalue weighted by Gasteiger charge is -2.23. The van der Waals surface area contributed by atoms with Gasteiger partial charge in [-0.3, -0.25) is 4.79 Å². The number of rotatable bonds is 4. The van der Waals surface area contributed by atoms with Gasteiger partial charge in [0.2, 0.25) is 0 Å². The number of nitrogens with two attached hydrogens (primary N) is 1. The second-order valence-electron chi connectivity index (χ2n) is 4.65. The maximum absolute atomic E-state index is 12.5. The van der Waals surface area contributed by atoms with Crippen molar-refractivity contribution in [3.05, 3.63) is 29.3 Å². The van der Waals surface area contributed by atoms with Crippen molar-refractivity contribution in [1.82, 2.24) is 4.90 Å². The molecule has 1 fully saturated rings. The highest BCUT2D eigenvalue weighted by molar-refractivity contribution is 5.96. The van der Waals surface area contributed by atoms with E-state index in [1.54, 1.807) is 25.1 Å². The Morgan fingerprint density at radius 3 is 2.63 bits per heavy atom. The Labute approximate surface area is 117 Å². The van der Waals surface area contributed by atoms with E-state index >= 15 is 0 Å². The summed E-state index contributed by atoms with van der Waals surface area (Å²) in [5.41, 5.74) is 7.29. The Bertz CT molecular complexity index is 464. The molecule has 0 spiro atoms. The van der Waals surface area contributed by atoms with Crippen molar-refractivity contribution in [2.45, 2.75) is 32.2 Å². The summed E-state index contributed by atoms with van der Waals surface area (Å²) >= 11 is 0. The molecule has 0 unspecified atom stereocenters. The van der Waals surface area contributed by atoms with Gasteiger partial charge in [-0.1, -0.05) is 6.07 Å². The fourth-order valence-electron chi connectivity index (χ4n) is 1.96. The quantitative estimate of drug-likeness (QED) is 0.867. The lowest BCUT2D eigenvalue weighted by Crippen LogP contribution is -2.37. The molecule has 19 heavy (non-hydrogen) atoms. The molecule has 0 heterocycles.